The van der Waals surface area contributed by atoms with Crippen LogP contribution < -0.4 is 0 Å². The molecule has 0 rings (SSSR count). The van der Waals surface area contributed by atoms with Gasteiger partial charge in [0.2, 0.25) is 0 Å². The number of hydrogen-bond acceptors (Lipinski definition) is 1. The van der Waals surface area contributed by atoms with Gasteiger partial charge in [0.15, 0.2) is 0 Å². The Hall–Kier alpha value is -0.0400. The third kappa shape index (κ3) is 408. The van der Waals surface area contributed by atoms with E-state index in [2.05, 4.69) is 34.6 Å². The number of aliphatic hydroxyl groups is 1. The van der Waals surface area contributed by atoms with E-state index in [0.29, 0.717) is 12.5 Å². The van der Waals surface area contributed by atoms with E-state index < -0.39 is 0 Å². The third-order valence-electron chi connectivity index (χ3n) is 0.706. The molecule has 0 saturated carbocycles. The van der Waals surface area contributed by atoms with E-state index in [1.807, 2.05) is 55.4 Å². The molecule has 0 unspecified atom stereocenters. The lowest BCUT2D eigenvalue weighted by atomic mass is 10.2. The van der Waals surface area contributed by atoms with Gasteiger partial charge in [-0.1, -0.05) is 90.0 Å². The van der Waals surface area contributed by atoms with Crippen LogP contribution in [0.3, 0.4) is 0 Å². The Morgan fingerprint density at radius 3 is 0.778 bits per heavy atom. The van der Waals surface area contributed by atoms with Crippen molar-refractivity contribution in [1.29, 1.82) is 0 Å². The van der Waals surface area contributed by atoms with E-state index in [1.54, 1.807) is 0 Å². The smallest absolute Gasteiger partial charge is 0.0433 e. The number of hydrogen-bond donors (Lipinski definition) is 1. The minimum absolute atomic E-state index is 0.331. The Morgan fingerprint density at radius 2 is 0.778 bits per heavy atom. The zero-order valence-electron chi connectivity index (χ0n) is 16.0. The molecule has 0 aromatic rings. The van der Waals surface area contributed by atoms with Gasteiger partial charge in [0.05, 0.1) is 0 Å². The first-order valence-corrected chi connectivity index (χ1v) is 8.11. The normalized spacial score (nSPS) is 6.67. The summed E-state index contributed by atoms with van der Waals surface area (Å²) in [7, 11) is 0. The van der Waals surface area contributed by atoms with E-state index in [-0.39, 0.29) is 0 Å². The SMILES string of the molecule is CC.CC.CC.CC.CC(C)C.CC(C)CCO. The Bertz CT molecular complexity index is 46.8. The molecule has 0 bridgehead atoms. The van der Waals surface area contributed by atoms with Crippen LogP contribution in [0.2, 0.25) is 0 Å². The lowest BCUT2D eigenvalue weighted by Crippen LogP contribution is -1.89. The molecule has 0 radical (unpaired) electrons. The van der Waals surface area contributed by atoms with Gasteiger partial charge < -0.3 is 5.11 Å². The maximum Gasteiger partial charge on any atom is 0.0433 e. The van der Waals surface area contributed by atoms with Gasteiger partial charge in [0.25, 0.3) is 0 Å². The molecule has 120 valence electrons. The van der Waals surface area contributed by atoms with Gasteiger partial charge in [-0.25, -0.2) is 0 Å². The van der Waals surface area contributed by atoms with Gasteiger partial charge >= 0.3 is 0 Å². The van der Waals surface area contributed by atoms with E-state index in [1.165, 1.54) is 0 Å². The molecule has 0 amide bonds. The summed E-state index contributed by atoms with van der Waals surface area (Å²) in [5.41, 5.74) is 0. The Labute approximate surface area is 120 Å². The highest BCUT2D eigenvalue weighted by atomic mass is 16.2. The Balaban J connectivity index is -0.0000000264. The lowest BCUT2D eigenvalue weighted by molar-refractivity contribution is 0.268. The minimum atomic E-state index is 0.331. The van der Waals surface area contributed by atoms with Crippen LogP contribution in [-0.2, 0) is 0 Å². The van der Waals surface area contributed by atoms with Crippen molar-refractivity contribution in [3.8, 4) is 0 Å². The first-order valence-electron chi connectivity index (χ1n) is 8.11. The highest BCUT2D eigenvalue weighted by Crippen LogP contribution is 1.94. The van der Waals surface area contributed by atoms with Crippen LogP contribution in [0, 0.1) is 11.8 Å². The zero-order valence-corrected chi connectivity index (χ0v) is 16.0. The van der Waals surface area contributed by atoms with Crippen molar-refractivity contribution in [1.82, 2.24) is 0 Å². The van der Waals surface area contributed by atoms with Gasteiger partial charge in [0.1, 0.15) is 0 Å². The van der Waals surface area contributed by atoms with Crippen LogP contribution >= 0.6 is 0 Å². The summed E-state index contributed by atoms with van der Waals surface area (Å²) >= 11 is 0. The van der Waals surface area contributed by atoms with Gasteiger partial charge in [-0.2, -0.15) is 0 Å². The molecule has 0 spiro atoms. The average Bonchev–Trinajstić information content (AvgIpc) is 2.38. The number of aliphatic hydroxyl groups excluding tert-OH is 1. The molecular formula is C17H46O. The zero-order chi connectivity index (χ0) is 16.6. The van der Waals surface area contributed by atoms with Crippen molar-refractivity contribution >= 4 is 0 Å². The molecule has 0 aromatic carbocycles. The summed E-state index contributed by atoms with van der Waals surface area (Å²) in [6.07, 6.45) is 0.931. The maximum absolute atomic E-state index is 8.24. The fraction of sp³-hybridized carbons (Fsp3) is 1.00. The molecule has 1 N–H and O–H groups in total. The molecule has 1 heteroatoms. The van der Waals surface area contributed by atoms with Crippen molar-refractivity contribution < 1.29 is 5.11 Å². The number of rotatable bonds is 2. The van der Waals surface area contributed by atoms with E-state index in [4.69, 9.17) is 5.11 Å². The summed E-state index contributed by atoms with van der Waals surface area (Å²) in [4.78, 5) is 0. The predicted molar refractivity (Wildman–Crippen MR) is 92.4 cm³/mol. The topological polar surface area (TPSA) is 20.2 Å². The second kappa shape index (κ2) is 68.2. The van der Waals surface area contributed by atoms with Gasteiger partial charge in [-0.05, 0) is 18.3 Å². The summed E-state index contributed by atoms with van der Waals surface area (Å²) in [5, 5.41) is 8.24. The Morgan fingerprint density at radius 1 is 0.611 bits per heavy atom. The van der Waals surface area contributed by atoms with Crippen LogP contribution in [0.4, 0.5) is 0 Å². The molecule has 0 saturated heterocycles. The van der Waals surface area contributed by atoms with E-state index >= 15 is 0 Å². The van der Waals surface area contributed by atoms with Crippen molar-refractivity contribution in [2.75, 3.05) is 6.61 Å². The fourth-order valence-corrected chi connectivity index (χ4v) is 0.258. The van der Waals surface area contributed by atoms with Crippen LogP contribution in [-0.4, -0.2) is 11.7 Å². The third-order valence-corrected chi connectivity index (χ3v) is 0.706. The van der Waals surface area contributed by atoms with Crippen LogP contribution in [0.1, 0.15) is 96.4 Å². The molecule has 0 fully saturated rings. The molecule has 0 aliphatic heterocycles. The van der Waals surface area contributed by atoms with Gasteiger partial charge in [-0.15, -0.1) is 0 Å². The highest BCUT2D eigenvalue weighted by molar-refractivity contribution is 4.38. The van der Waals surface area contributed by atoms with Gasteiger partial charge in [-0.3, -0.25) is 0 Å². The molecular weight excluding hydrogens is 220 g/mol. The van der Waals surface area contributed by atoms with Crippen molar-refractivity contribution in [3.05, 3.63) is 0 Å². The quantitative estimate of drug-likeness (QED) is 0.583. The first-order chi connectivity index (χ1) is 8.50. The maximum atomic E-state index is 8.24. The predicted octanol–water partition coefficient (Wildman–Crippen LogP) is 6.79. The largest absolute Gasteiger partial charge is 0.396 e. The second-order valence-corrected chi connectivity index (χ2v) is 3.64. The van der Waals surface area contributed by atoms with Crippen LogP contribution in [0.15, 0.2) is 0 Å². The molecule has 18 heavy (non-hydrogen) atoms. The standard InChI is InChI=1S/C5H12O.C4H10.4C2H6/c1-5(2)3-4-6;1-4(2)3;4*1-2/h5-6H,3-4H2,1-2H3;4H,1-3H3;4*1-2H3. The average molecular weight is 267 g/mol. The molecule has 0 heterocycles. The van der Waals surface area contributed by atoms with E-state index in [0.717, 1.165) is 12.3 Å². The summed E-state index contributed by atoms with van der Waals surface area (Å²) in [5.74, 6) is 1.48. The van der Waals surface area contributed by atoms with Gasteiger partial charge in [0, 0.05) is 6.61 Å². The lowest BCUT2D eigenvalue weighted by Gasteiger charge is -1.95. The highest BCUT2D eigenvalue weighted by Gasteiger charge is 1.86. The molecule has 0 aromatic heterocycles. The molecule has 0 atom stereocenters. The first kappa shape index (κ1) is 36.1. The fourth-order valence-electron chi connectivity index (χ4n) is 0.258. The summed E-state index contributed by atoms with van der Waals surface area (Å²) < 4.78 is 0. The second-order valence-electron chi connectivity index (χ2n) is 3.64. The van der Waals surface area contributed by atoms with Crippen molar-refractivity contribution in [2.24, 2.45) is 11.8 Å². The minimum Gasteiger partial charge on any atom is -0.396 e. The van der Waals surface area contributed by atoms with Crippen molar-refractivity contribution in [2.45, 2.75) is 96.4 Å². The molecule has 0 aliphatic rings. The van der Waals surface area contributed by atoms with E-state index in [9.17, 15) is 0 Å². The summed E-state index contributed by atoms with van der Waals surface area (Å²) in [6, 6.07) is 0. The summed E-state index contributed by atoms with van der Waals surface area (Å²) in [6.45, 7) is 27.0. The van der Waals surface area contributed by atoms with Crippen LogP contribution in [0.5, 0.6) is 0 Å². The Kier molecular flexibility index (Phi) is 137. The molecule has 0 aliphatic carbocycles. The van der Waals surface area contributed by atoms with Crippen LogP contribution in [0.25, 0.3) is 0 Å². The van der Waals surface area contributed by atoms with Crippen molar-refractivity contribution in [3.63, 3.8) is 0 Å². The monoisotopic (exact) mass is 266 g/mol. The molecule has 1 nitrogen and oxygen atoms in total.